The van der Waals surface area contributed by atoms with Gasteiger partial charge in [-0.1, -0.05) is 60.8 Å². The molecule has 0 aromatic heterocycles. The molecule has 1 aliphatic rings. The average molecular weight is 409 g/mol. The summed E-state index contributed by atoms with van der Waals surface area (Å²) < 4.78 is 1.25. The van der Waals surface area contributed by atoms with Crippen LogP contribution in [0, 0.1) is 5.92 Å². The molecule has 0 spiro atoms. The van der Waals surface area contributed by atoms with Crippen molar-refractivity contribution in [2.24, 2.45) is 5.92 Å². The highest BCUT2D eigenvalue weighted by Crippen LogP contribution is 2.27. The highest BCUT2D eigenvalue weighted by molar-refractivity contribution is 9.10. The van der Waals surface area contributed by atoms with Crippen LogP contribution in [-0.2, 0) is 6.54 Å². The third-order valence-electron chi connectivity index (χ3n) is 5.91. The van der Waals surface area contributed by atoms with Gasteiger partial charge in [0, 0.05) is 42.2 Å². The second kappa shape index (κ2) is 9.53. The maximum atomic E-state index is 3.75. The van der Waals surface area contributed by atoms with Crippen LogP contribution in [-0.4, -0.2) is 41.0 Å². The number of halogens is 1. The van der Waals surface area contributed by atoms with Crippen LogP contribution in [0.25, 0.3) is 0 Å². The number of hydrogen-bond donors (Lipinski definition) is 0. The minimum Gasteiger partial charge on any atom is -0.298 e. The van der Waals surface area contributed by atoms with E-state index >= 15 is 0 Å². The van der Waals surface area contributed by atoms with Crippen molar-refractivity contribution in [2.45, 2.75) is 78.4 Å². The normalized spacial score (nSPS) is 17.6. The Balaban J connectivity index is 2.08. The van der Waals surface area contributed by atoms with E-state index in [1.165, 1.54) is 55.4 Å². The second-order valence-electron chi connectivity index (χ2n) is 8.59. The van der Waals surface area contributed by atoms with E-state index < -0.39 is 0 Å². The molecule has 0 atom stereocenters. The molecular weight excluding hydrogens is 372 g/mol. The van der Waals surface area contributed by atoms with Crippen LogP contribution >= 0.6 is 15.9 Å². The molecule has 0 aliphatic carbocycles. The van der Waals surface area contributed by atoms with Crippen LogP contribution in [0.15, 0.2) is 28.7 Å². The predicted molar refractivity (Wildman–Crippen MR) is 113 cm³/mol. The summed E-state index contributed by atoms with van der Waals surface area (Å²) in [5.74, 6) is 0.808. The monoisotopic (exact) mass is 408 g/mol. The van der Waals surface area contributed by atoms with E-state index in [9.17, 15) is 0 Å². The summed E-state index contributed by atoms with van der Waals surface area (Å²) in [5.41, 5.74) is 1.72. The zero-order valence-corrected chi connectivity index (χ0v) is 18.5. The zero-order valence-electron chi connectivity index (χ0n) is 16.9. The molecule has 1 aliphatic heterocycles. The fourth-order valence-electron chi connectivity index (χ4n) is 3.97. The summed E-state index contributed by atoms with van der Waals surface area (Å²) >= 11 is 3.75. The van der Waals surface area contributed by atoms with Gasteiger partial charge in [0.1, 0.15) is 0 Å². The standard InChI is InChI=1S/C22H37BrN2/c1-6-18(7-2)16-24(17-19-10-8-9-11-21(19)23)20-12-14-25(15-13-20)22(3,4)5/h8-11,18,20H,6-7,12-17H2,1-5H3. The lowest BCUT2D eigenvalue weighted by Gasteiger charge is -2.44. The Hall–Kier alpha value is -0.380. The smallest absolute Gasteiger partial charge is 0.0248 e. The van der Waals surface area contributed by atoms with Crippen LogP contribution in [0.4, 0.5) is 0 Å². The lowest BCUT2D eigenvalue weighted by atomic mass is 9.94. The van der Waals surface area contributed by atoms with Gasteiger partial charge in [-0.25, -0.2) is 0 Å². The molecule has 0 radical (unpaired) electrons. The summed E-state index contributed by atoms with van der Waals surface area (Å²) in [6.45, 7) is 16.5. The molecule has 1 heterocycles. The molecule has 0 amide bonds. The molecule has 2 nitrogen and oxygen atoms in total. The Labute approximate surface area is 164 Å². The van der Waals surface area contributed by atoms with E-state index in [1.807, 2.05) is 0 Å². The van der Waals surface area contributed by atoms with Gasteiger partial charge in [0.15, 0.2) is 0 Å². The lowest BCUT2D eigenvalue weighted by Crippen LogP contribution is -2.51. The van der Waals surface area contributed by atoms with Crippen molar-refractivity contribution in [1.29, 1.82) is 0 Å². The number of hydrogen-bond acceptors (Lipinski definition) is 2. The number of nitrogens with zero attached hydrogens (tertiary/aromatic N) is 2. The largest absolute Gasteiger partial charge is 0.298 e. The zero-order chi connectivity index (χ0) is 18.4. The van der Waals surface area contributed by atoms with E-state index in [2.05, 4.69) is 84.6 Å². The highest BCUT2D eigenvalue weighted by Gasteiger charge is 2.30. The quantitative estimate of drug-likeness (QED) is 0.549. The summed E-state index contributed by atoms with van der Waals surface area (Å²) in [5, 5.41) is 0. The van der Waals surface area contributed by atoms with Crippen molar-refractivity contribution in [2.75, 3.05) is 19.6 Å². The van der Waals surface area contributed by atoms with Crippen LogP contribution in [0.5, 0.6) is 0 Å². The molecule has 0 bridgehead atoms. The number of benzene rings is 1. The molecule has 3 heteroatoms. The summed E-state index contributed by atoms with van der Waals surface area (Å²) in [7, 11) is 0. The maximum absolute atomic E-state index is 3.75. The maximum Gasteiger partial charge on any atom is 0.0248 e. The lowest BCUT2D eigenvalue weighted by molar-refractivity contribution is 0.0457. The van der Waals surface area contributed by atoms with Gasteiger partial charge >= 0.3 is 0 Å². The van der Waals surface area contributed by atoms with Crippen molar-refractivity contribution in [3.8, 4) is 0 Å². The summed E-state index contributed by atoms with van der Waals surface area (Å²) in [6, 6.07) is 9.44. The van der Waals surface area contributed by atoms with Crippen molar-refractivity contribution >= 4 is 15.9 Å². The van der Waals surface area contributed by atoms with E-state index in [0.29, 0.717) is 11.6 Å². The van der Waals surface area contributed by atoms with Gasteiger partial charge < -0.3 is 0 Å². The summed E-state index contributed by atoms with van der Waals surface area (Å²) in [4.78, 5) is 5.43. The summed E-state index contributed by atoms with van der Waals surface area (Å²) in [6.07, 6.45) is 5.15. The van der Waals surface area contributed by atoms with Gasteiger partial charge in [0.05, 0.1) is 0 Å². The molecule has 2 rings (SSSR count). The van der Waals surface area contributed by atoms with E-state index in [1.54, 1.807) is 0 Å². The van der Waals surface area contributed by atoms with E-state index in [-0.39, 0.29) is 0 Å². The second-order valence-corrected chi connectivity index (χ2v) is 9.45. The number of likely N-dealkylation sites (tertiary alicyclic amines) is 1. The predicted octanol–water partition coefficient (Wildman–Crippen LogP) is 5.95. The first kappa shape index (κ1) is 20.9. The Bertz CT molecular complexity index is 511. The minimum atomic E-state index is 0.299. The third-order valence-corrected chi connectivity index (χ3v) is 6.68. The van der Waals surface area contributed by atoms with E-state index in [4.69, 9.17) is 0 Å². The molecule has 0 N–H and O–H groups in total. The Kier molecular flexibility index (Phi) is 7.97. The highest BCUT2D eigenvalue weighted by atomic mass is 79.9. The first-order chi connectivity index (χ1) is 11.8. The van der Waals surface area contributed by atoms with Gasteiger partial charge in [-0.05, 0) is 51.2 Å². The molecule has 0 saturated carbocycles. The fourth-order valence-corrected chi connectivity index (χ4v) is 4.38. The third kappa shape index (κ3) is 6.08. The van der Waals surface area contributed by atoms with Gasteiger partial charge in [-0.2, -0.15) is 0 Å². The molecule has 142 valence electrons. The van der Waals surface area contributed by atoms with Gasteiger partial charge in [0.2, 0.25) is 0 Å². The average Bonchev–Trinajstić information content (AvgIpc) is 2.59. The van der Waals surface area contributed by atoms with Crippen molar-refractivity contribution < 1.29 is 0 Å². The first-order valence-electron chi connectivity index (χ1n) is 10.1. The van der Waals surface area contributed by atoms with E-state index in [0.717, 1.165) is 12.5 Å². The molecular formula is C22H37BrN2. The van der Waals surface area contributed by atoms with Crippen LogP contribution in [0.2, 0.25) is 0 Å². The molecule has 1 saturated heterocycles. The number of piperidine rings is 1. The molecule has 1 aromatic carbocycles. The van der Waals surface area contributed by atoms with Crippen molar-refractivity contribution in [3.05, 3.63) is 34.3 Å². The van der Waals surface area contributed by atoms with Crippen molar-refractivity contribution in [3.63, 3.8) is 0 Å². The number of rotatable bonds is 7. The molecule has 1 fully saturated rings. The SMILES string of the molecule is CCC(CC)CN(Cc1ccccc1Br)C1CCN(C(C)(C)C)CC1. The molecule has 0 unspecified atom stereocenters. The fraction of sp³-hybridized carbons (Fsp3) is 0.727. The van der Waals surface area contributed by atoms with Crippen LogP contribution in [0.1, 0.15) is 65.9 Å². The Morgan fingerprint density at radius 2 is 1.72 bits per heavy atom. The van der Waals surface area contributed by atoms with Crippen LogP contribution in [0.3, 0.4) is 0 Å². The Morgan fingerprint density at radius 1 is 1.12 bits per heavy atom. The molecule has 1 aromatic rings. The molecule has 25 heavy (non-hydrogen) atoms. The van der Waals surface area contributed by atoms with Crippen LogP contribution < -0.4 is 0 Å². The first-order valence-corrected chi connectivity index (χ1v) is 10.9. The van der Waals surface area contributed by atoms with Gasteiger partial charge in [-0.15, -0.1) is 0 Å². The Morgan fingerprint density at radius 3 is 2.24 bits per heavy atom. The minimum absolute atomic E-state index is 0.299. The van der Waals surface area contributed by atoms with Crippen molar-refractivity contribution in [1.82, 2.24) is 9.80 Å². The van der Waals surface area contributed by atoms with Gasteiger partial charge in [0.25, 0.3) is 0 Å². The topological polar surface area (TPSA) is 6.48 Å². The van der Waals surface area contributed by atoms with Gasteiger partial charge in [-0.3, -0.25) is 9.80 Å².